The van der Waals surface area contributed by atoms with E-state index in [1.54, 1.807) is 20.8 Å². The van der Waals surface area contributed by atoms with E-state index in [1.165, 1.54) is 19.2 Å². The molecule has 2 rings (SSSR count). The predicted octanol–water partition coefficient (Wildman–Crippen LogP) is 1.11. The van der Waals surface area contributed by atoms with Gasteiger partial charge in [0, 0.05) is 12.1 Å². The van der Waals surface area contributed by atoms with Gasteiger partial charge in [-0.2, -0.15) is 0 Å². The molecule has 7 nitrogen and oxygen atoms in total. The van der Waals surface area contributed by atoms with E-state index in [1.807, 2.05) is 0 Å². The quantitative estimate of drug-likeness (QED) is 0.891. The van der Waals surface area contributed by atoms with E-state index in [0.717, 1.165) is 11.1 Å². The fourth-order valence-corrected chi connectivity index (χ4v) is 1.63. The zero-order valence-corrected chi connectivity index (χ0v) is 12.2. The number of benzene rings is 1. The Morgan fingerprint density at radius 1 is 1.33 bits per heavy atom. The highest BCUT2D eigenvalue weighted by molar-refractivity contribution is 5.85. The van der Waals surface area contributed by atoms with E-state index >= 15 is 0 Å². The number of methoxy groups -OCH3 is 1. The number of phenolic OH excluding ortho intramolecular Hbond substituents is 1. The van der Waals surface area contributed by atoms with E-state index in [4.69, 9.17) is 9.57 Å². The van der Waals surface area contributed by atoms with Crippen LogP contribution in [-0.4, -0.2) is 27.9 Å². The van der Waals surface area contributed by atoms with Crippen LogP contribution < -0.4 is 15.1 Å². The Balaban J connectivity index is 2.59. The summed E-state index contributed by atoms with van der Waals surface area (Å²) in [5, 5.41) is 9.66. The molecule has 1 heterocycles. The van der Waals surface area contributed by atoms with Crippen LogP contribution in [0.1, 0.15) is 20.8 Å². The predicted molar refractivity (Wildman–Crippen MR) is 75.3 cm³/mol. The van der Waals surface area contributed by atoms with Crippen molar-refractivity contribution in [3.8, 4) is 11.5 Å². The van der Waals surface area contributed by atoms with Crippen LogP contribution in [-0.2, 0) is 4.79 Å². The molecule has 0 spiro atoms. The first-order valence-electron chi connectivity index (χ1n) is 6.25. The minimum atomic E-state index is -0.757. The third-order valence-corrected chi connectivity index (χ3v) is 2.80. The van der Waals surface area contributed by atoms with E-state index < -0.39 is 16.9 Å². The molecular weight excluding hydrogens is 276 g/mol. The lowest BCUT2D eigenvalue weighted by molar-refractivity contribution is -0.154. The first-order valence-corrected chi connectivity index (χ1v) is 6.25. The third-order valence-electron chi connectivity index (χ3n) is 2.80. The van der Waals surface area contributed by atoms with Gasteiger partial charge in [0.05, 0.1) is 18.0 Å². The number of phenols is 1. The van der Waals surface area contributed by atoms with Crippen molar-refractivity contribution >= 4 is 16.9 Å². The van der Waals surface area contributed by atoms with Gasteiger partial charge < -0.3 is 14.7 Å². The standard InChI is InChI=1S/C14H16N2O5/c1-14(2,3)13(19)21-16-7-15-9-5-8(17)6-10(20-4)11(9)12(16)18/h5-7,17H,1-4H3. The molecule has 7 heteroatoms. The van der Waals surface area contributed by atoms with Crippen LogP contribution in [0.4, 0.5) is 0 Å². The van der Waals surface area contributed by atoms with Crippen LogP contribution in [0.25, 0.3) is 10.9 Å². The van der Waals surface area contributed by atoms with E-state index in [9.17, 15) is 14.7 Å². The van der Waals surface area contributed by atoms with Gasteiger partial charge >= 0.3 is 5.97 Å². The van der Waals surface area contributed by atoms with Crippen molar-refractivity contribution in [3.63, 3.8) is 0 Å². The maximum Gasteiger partial charge on any atom is 0.338 e. The lowest BCUT2D eigenvalue weighted by atomic mass is 9.98. The largest absolute Gasteiger partial charge is 0.508 e. The summed E-state index contributed by atoms with van der Waals surface area (Å²) in [5.41, 5.74) is -1.10. The van der Waals surface area contributed by atoms with Crippen LogP contribution in [0.2, 0.25) is 0 Å². The molecule has 0 radical (unpaired) electrons. The van der Waals surface area contributed by atoms with Gasteiger partial charge in [-0.05, 0) is 20.8 Å². The van der Waals surface area contributed by atoms with Gasteiger partial charge in [0.2, 0.25) is 0 Å². The maximum atomic E-state index is 12.4. The molecule has 0 unspecified atom stereocenters. The highest BCUT2D eigenvalue weighted by Crippen LogP contribution is 2.26. The lowest BCUT2D eigenvalue weighted by Gasteiger charge is -2.16. The van der Waals surface area contributed by atoms with Crippen molar-refractivity contribution in [2.75, 3.05) is 7.11 Å². The minimum Gasteiger partial charge on any atom is -0.508 e. The fraction of sp³-hybridized carbons (Fsp3) is 0.357. The van der Waals surface area contributed by atoms with Crippen LogP contribution in [0.15, 0.2) is 23.3 Å². The lowest BCUT2D eigenvalue weighted by Crippen LogP contribution is -2.37. The summed E-state index contributed by atoms with van der Waals surface area (Å²) in [6.07, 6.45) is 1.09. The fourth-order valence-electron chi connectivity index (χ4n) is 1.63. The van der Waals surface area contributed by atoms with Crippen LogP contribution in [0.5, 0.6) is 11.5 Å². The molecule has 0 fully saturated rings. The second-order valence-electron chi connectivity index (χ2n) is 5.55. The minimum absolute atomic E-state index is 0.0734. The van der Waals surface area contributed by atoms with Crippen LogP contribution in [0, 0.1) is 5.41 Å². The highest BCUT2D eigenvalue weighted by Gasteiger charge is 2.25. The molecule has 21 heavy (non-hydrogen) atoms. The van der Waals surface area contributed by atoms with Crippen LogP contribution in [0.3, 0.4) is 0 Å². The number of hydrogen-bond donors (Lipinski definition) is 1. The van der Waals surface area contributed by atoms with Gasteiger partial charge in [-0.1, -0.05) is 0 Å². The second kappa shape index (κ2) is 5.08. The average molecular weight is 292 g/mol. The van der Waals surface area contributed by atoms with E-state index in [-0.39, 0.29) is 22.4 Å². The number of fused-ring (bicyclic) bond motifs is 1. The number of hydrogen-bond acceptors (Lipinski definition) is 6. The van der Waals surface area contributed by atoms with Crippen molar-refractivity contribution in [1.29, 1.82) is 0 Å². The molecule has 0 bridgehead atoms. The third kappa shape index (κ3) is 2.81. The number of rotatable bonds is 2. The molecule has 0 saturated carbocycles. The Labute approximate surface area is 120 Å². The van der Waals surface area contributed by atoms with E-state index in [0.29, 0.717) is 0 Å². The topological polar surface area (TPSA) is 90.7 Å². The van der Waals surface area contributed by atoms with Crippen LogP contribution >= 0.6 is 0 Å². The number of ether oxygens (including phenoxy) is 1. The normalized spacial score (nSPS) is 11.4. The molecular formula is C14H16N2O5. The Morgan fingerprint density at radius 2 is 2.00 bits per heavy atom. The second-order valence-corrected chi connectivity index (χ2v) is 5.55. The SMILES string of the molecule is COc1cc(O)cc2ncn(OC(=O)C(C)(C)C)c(=O)c12. The molecule has 0 aliphatic rings. The van der Waals surface area contributed by atoms with Gasteiger partial charge in [-0.25, -0.2) is 9.78 Å². The summed E-state index contributed by atoms with van der Waals surface area (Å²) in [6.45, 7) is 5.02. The van der Waals surface area contributed by atoms with E-state index in [2.05, 4.69) is 4.98 Å². The molecule has 0 saturated heterocycles. The molecule has 2 aromatic rings. The van der Waals surface area contributed by atoms with Crippen molar-refractivity contribution in [2.45, 2.75) is 20.8 Å². The first kappa shape index (κ1) is 14.8. The molecule has 1 aromatic heterocycles. The summed E-state index contributed by atoms with van der Waals surface area (Å²) in [4.78, 5) is 33.2. The number of aromatic hydroxyl groups is 1. The van der Waals surface area contributed by atoms with Crippen molar-refractivity contribution in [2.24, 2.45) is 5.41 Å². The zero-order valence-electron chi connectivity index (χ0n) is 12.2. The first-order chi connectivity index (χ1) is 9.74. The smallest absolute Gasteiger partial charge is 0.338 e. The zero-order chi connectivity index (χ0) is 15.8. The summed E-state index contributed by atoms with van der Waals surface area (Å²) in [5.74, 6) is -0.483. The highest BCUT2D eigenvalue weighted by atomic mass is 16.7. The molecule has 0 aliphatic carbocycles. The molecule has 1 N–H and O–H groups in total. The molecule has 1 aromatic carbocycles. The van der Waals surface area contributed by atoms with Crippen molar-refractivity contribution in [1.82, 2.24) is 9.71 Å². The molecule has 0 atom stereocenters. The van der Waals surface area contributed by atoms with Gasteiger partial charge in [-0.15, -0.1) is 4.73 Å². The summed E-state index contributed by atoms with van der Waals surface area (Å²) >= 11 is 0. The number of aromatic nitrogens is 2. The van der Waals surface area contributed by atoms with Crippen molar-refractivity contribution in [3.05, 3.63) is 28.8 Å². The van der Waals surface area contributed by atoms with Gasteiger partial charge in [0.15, 0.2) is 0 Å². The number of carbonyl (C=O) groups excluding carboxylic acids is 1. The number of nitrogens with zero attached hydrogens (tertiary/aromatic N) is 2. The Hall–Kier alpha value is -2.57. The molecule has 0 amide bonds. The van der Waals surface area contributed by atoms with Crippen molar-refractivity contribution < 1.29 is 19.5 Å². The molecule has 112 valence electrons. The monoisotopic (exact) mass is 292 g/mol. The van der Waals surface area contributed by atoms with Gasteiger partial charge in [0.25, 0.3) is 5.56 Å². The van der Waals surface area contributed by atoms with Gasteiger partial charge in [0.1, 0.15) is 23.2 Å². The van der Waals surface area contributed by atoms with Gasteiger partial charge in [-0.3, -0.25) is 4.79 Å². The molecule has 0 aliphatic heterocycles. The Kier molecular flexibility index (Phi) is 3.59. The summed E-state index contributed by atoms with van der Waals surface area (Å²) in [7, 11) is 1.37. The summed E-state index contributed by atoms with van der Waals surface area (Å²) < 4.78 is 5.82. The number of carbonyl (C=O) groups is 1. The average Bonchev–Trinajstić information content (AvgIpc) is 2.39. The Morgan fingerprint density at radius 3 is 2.57 bits per heavy atom. The summed E-state index contributed by atoms with van der Waals surface area (Å²) in [6, 6.07) is 2.62. The maximum absolute atomic E-state index is 12.4. The Bertz CT molecular complexity index is 758.